The number of benzene rings is 1. The quantitative estimate of drug-likeness (QED) is 0.153. The van der Waals surface area contributed by atoms with E-state index in [-0.39, 0.29) is 7.43 Å². The molecule has 7 nitrogen and oxygen atoms in total. The van der Waals surface area contributed by atoms with E-state index in [4.69, 9.17) is 25.9 Å². The Morgan fingerprint density at radius 1 is 0.657 bits per heavy atom. The number of alkyl halides is 6. The van der Waals surface area contributed by atoms with E-state index in [2.05, 4.69) is 38.1 Å². The van der Waals surface area contributed by atoms with Crippen molar-refractivity contribution in [2.75, 3.05) is 0 Å². The van der Waals surface area contributed by atoms with Gasteiger partial charge in [-0.25, -0.2) is 0 Å². The first-order valence-corrected chi connectivity index (χ1v) is 12.8. The van der Waals surface area contributed by atoms with Gasteiger partial charge in [0.05, 0.1) is 0 Å². The van der Waals surface area contributed by atoms with Gasteiger partial charge in [-0.3, -0.25) is 9.11 Å². The van der Waals surface area contributed by atoms with Crippen LogP contribution in [0.15, 0.2) is 33.8 Å². The topological polar surface area (TPSA) is 121 Å². The minimum absolute atomic E-state index is 0. The maximum atomic E-state index is 10.7. The van der Waals surface area contributed by atoms with Crippen molar-refractivity contribution in [1.29, 1.82) is 0 Å². The molecule has 0 atom stereocenters. The summed E-state index contributed by atoms with van der Waals surface area (Å²) in [7, 11) is -11.7. The zero-order valence-electron chi connectivity index (χ0n) is 19.4. The van der Waals surface area contributed by atoms with Gasteiger partial charge in [0.25, 0.3) is 0 Å². The van der Waals surface area contributed by atoms with Crippen LogP contribution in [-0.2, 0) is 39.9 Å². The first-order valence-electron chi connectivity index (χ1n) is 8.64. The second-order valence-corrected chi connectivity index (χ2v) is 9.88. The van der Waals surface area contributed by atoms with E-state index in [0.717, 1.165) is 5.69 Å². The third kappa shape index (κ3) is 14.4. The zero-order chi connectivity index (χ0) is 27.7. The van der Waals surface area contributed by atoms with Crippen molar-refractivity contribution in [2.45, 2.75) is 45.6 Å². The van der Waals surface area contributed by atoms with Crippen LogP contribution in [0.4, 0.5) is 32.0 Å². The van der Waals surface area contributed by atoms with Gasteiger partial charge in [-0.15, -0.1) is 0 Å². The Balaban J connectivity index is -0.000000389. The summed E-state index contributed by atoms with van der Waals surface area (Å²) >= 11 is 1.26. The fourth-order valence-electron chi connectivity index (χ4n) is 1.90. The second-order valence-electron chi connectivity index (χ2n) is 6.39. The molecule has 2 N–H and O–H groups in total. The third-order valence-corrected chi connectivity index (χ3v) is 6.19. The average Bonchev–Trinajstić information content (AvgIpc) is 2.85. The molecule has 0 heterocycles. The van der Waals surface area contributed by atoms with Crippen molar-refractivity contribution in [1.82, 2.24) is 0 Å². The van der Waals surface area contributed by atoms with Crippen molar-refractivity contribution in [3.63, 3.8) is 0 Å². The fraction of sp³-hybridized carbons (Fsp3) is 0.368. The molecule has 16 heteroatoms. The first kappa shape index (κ1) is 38.6. The molecule has 0 amide bonds. The molecule has 1 saturated carbocycles. The van der Waals surface area contributed by atoms with Crippen LogP contribution >= 0.6 is 0 Å². The molecule has 35 heavy (non-hydrogen) atoms. The van der Waals surface area contributed by atoms with Gasteiger partial charge in [-0.1, -0.05) is 34.6 Å². The Morgan fingerprint density at radius 3 is 0.971 bits per heavy atom. The van der Waals surface area contributed by atoms with Crippen LogP contribution in [0.3, 0.4) is 0 Å². The molecular weight excluding hydrogens is 700 g/mol. The van der Waals surface area contributed by atoms with Crippen molar-refractivity contribution < 1.29 is 71.9 Å². The van der Waals surface area contributed by atoms with Gasteiger partial charge in [0.1, 0.15) is 0 Å². The molecule has 1 aliphatic rings. The molecule has 0 spiro atoms. The molecule has 1 aromatic carbocycles. The summed E-state index contributed by atoms with van der Waals surface area (Å²) in [4.78, 5) is 0. The van der Waals surface area contributed by atoms with Gasteiger partial charge in [-0.2, -0.15) is 43.2 Å². The van der Waals surface area contributed by atoms with Crippen LogP contribution in [0.5, 0.6) is 0 Å². The Hall–Kier alpha value is -0.892. The van der Waals surface area contributed by atoms with Gasteiger partial charge in [0.15, 0.2) is 0 Å². The zero-order valence-corrected chi connectivity index (χ0v) is 23.9. The average molecular weight is 725 g/mol. The molecule has 1 aromatic rings. The van der Waals surface area contributed by atoms with Crippen LogP contribution in [0.25, 0.3) is 0 Å². The number of halogens is 6. The molecule has 203 valence electrons. The van der Waals surface area contributed by atoms with E-state index in [1.54, 1.807) is 0 Å². The number of hydrogen-bond acceptors (Lipinski definition) is 5. The molecule has 0 aromatic heterocycles. The van der Waals surface area contributed by atoms with Crippen molar-refractivity contribution >= 4 is 25.9 Å². The van der Waals surface area contributed by atoms with Crippen LogP contribution < -0.4 is 0 Å². The maximum absolute atomic E-state index is 10.7. The normalized spacial score (nSPS) is 16.5. The molecule has 0 aliphatic heterocycles. The van der Waals surface area contributed by atoms with E-state index in [1.165, 1.54) is 49.2 Å². The molecule has 2 rings (SSSR count). The third-order valence-electron chi connectivity index (χ3n) is 4.26. The van der Waals surface area contributed by atoms with Crippen LogP contribution in [0.2, 0.25) is 0 Å². The van der Waals surface area contributed by atoms with Crippen LogP contribution in [-0.4, -0.2) is 37.0 Å². The van der Waals surface area contributed by atoms with E-state index < -0.39 is 31.3 Å². The summed E-state index contributed by atoms with van der Waals surface area (Å²) in [6.07, 6.45) is 0. The van der Waals surface area contributed by atoms with Gasteiger partial charge < -0.3 is 7.43 Å². The minimum atomic E-state index is -5.84. The summed E-state index contributed by atoms with van der Waals surface area (Å²) < 4.78 is 119. The van der Waals surface area contributed by atoms with Crippen molar-refractivity contribution in [2.24, 2.45) is 3.50 Å². The first-order chi connectivity index (χ1) is 15.0. The molecule has 0 bridgehead atoms. The van der Waals surface area contributed by atoms with Gasteiger partial charge in [0, 0.05) is 0 Å². The predicted molar refractivity (Wildman–Crippen MR) is 115 cm³/mol. The Morgan fingerprint density at radius 2 is 0.857 bits per heavy atom. The fourth-order valence-corrected chi connectivity index (χ4v) is 2.33. The summed E-state index contributed by atoms with van der Waals surface area (Å²) in [5.41, 5.74) is -10.00. The number of nitrogens with zero attached hydrogens (tertiary/aromatic N) is 1. The van der Waals surface area contributed by atoms with Crippen LogP contribution in [0, 0.1) is 37.0 Å². The number of hydrogen-bond donors (Lipinski definition) is 2. The molecule has 1 fully saturated rings. The Bertz CT molecular complexity index is 869. The van der Waals surface area contributed by atoms with Gasteiger partial charge in [-0.05, 0) is 29.6 Å². The monoisotopic (exact) mass is 725 g/mol. The summed E-state index contributed by atoms with van der Waals surface area (Å²) in [5.74, 6) is 7.34. The molecule has 1 aliphatic carbocycles. The summed E-state index contributed by atoms with van der Waals surface area (Å²) in [5, 5.41) is 0. The van der Waals surface area contributed by atoms with Gasteiger partial charge in [0.2, 0.25) is 0 Å². The molecule has 0 saturated heterocycles. The molecule has 5 radical (unpaired) electrons. The summed E-state index contributed by atoms with van der Waals surface area (Å²) in [6.45, 7) is 11.0. The Labute approximate surface area is 213 Å². The van der Waals surface area contributed by atoms with Crippen molar-refractivity contribution in [3.05, 3.63) is 67.3 Å². The van der Waals surface area contributed by atoms with E-state index in [0.29, 0.717) is 0 Å². The van der Waals surface area contributed by atoms with E-state index in [1.807, 2.05) is 30.3 Å². The summed E-state index contributed by atoms with van der Waals surface area (Å²) in [6, 6.07) is 9.95. The van der Waals surface area contributed by atoms with Gasteiger partial charge >= 0.3 is 90.4 Å². The predicted octanol–water partition coefficient (Wildman–Crippen LogP) is 6.26. The van der Waals surface area contributed by atoms with E-state index in [9.17, 15) is 26.3 Å². The van der Waals surface area contributed by atoms with E-state index >= 15 is 0 Å². The van der Waals surface area contributed by atoms with Crippen molar-refractivity contribution in [3.8, 4) is 0 Å². The Kier molecular flexibility index (Phi) is 17.0. The van der Waals surface area contributed by atoms with Crippen LogP contribution in [0.1, 0.15) is 34.6 Å². The SMILES string of the molecule is C[C]1[C](C)[C](C)[C](C)[C]1C.O=S(=O)(O)C(F)(F)F.O=S(=O)(O)C(F)(F)F.[CH3-].[W]=[N]c1ccccc1. The second kappa shape index (κ2) is 15.4. The molecular formula is C19H25F6NO6S2W-. The number of rotatable bonds is 1. The molecule has 0 unspecified atom stereocenters. The standard InChI is InChI=1S/C10H15.C6H5N.2CHF3O3S.CH3.W/c1-6-7(2)9(4)10(5)8(6)3;7-6-4-2-1-3-5-6;2*2-1(3,4)8(5,6)7;;/h1-5H3;1-5H;2*(H,5,6,7);1H3;/q;;;;-1;.